The van der Waals surface area contributed by atoms with Gasteiger partial charge in [-0.05, 0) is 106 Å². The van der Waals surface area contributed by atoms with E-state index in [1.165, 1.54) is 29.2 Å². The summed E-state index contributed by atoms with van der Waals surface area (Å²) in [6, 6.07) is 8.75. The SMILES string of the molecule is CC(=O)O[C@]1(C(=O)COC(C)(C)C)CCC2C3CCC4=CC(=O)CCC4=C3C(c3ccc(N(C)C)cc3)C[C@@]21C. The smallest absolute Gasteiger partial charge is 0.303 e. The van der Waals surface area contributed by atoms with Crippen LogP contribution in [0.5, 0.6) is 0 Å². The molecule has 4 aliphatic carbocycles. The molecule has 0 radical (unpaired) electrons. The quantitative estimate of drug-likeness (QED) is 0.387. The number of benzene rings is 1. The number of anilines is 1. The summed E-state index contributed by atoms with van der Waals surface area (Å²) in [4.78, 5) is 41.2. The molecule has 3 unspecified atom stereocenters. The van der Waals surface area contributed by atoms with Crippen LogP contribution in [0.4, 0.5) is 5.69 Å². The molecule has 0 N–H and O–H groups in total. The van der Waals surface area contributed by atoms with E-state index < -0.39 is 22.6 Å². The summed E-state index contributed by atoms with van der Waals surface area (Å²) < 4.78 is 12.2. The summed E-state index contributed by atoms with van der Waals surface area (Å²) in [6.07, 6.45) is 7.13. The van der Waals surface area contributed by atoms with Crippen molar-refractivity contribution in [1.29, 1.82) is 0 Å². The van der Waals surface area contributed by atoms with E-state index >= 15 is 0 Å². The Labute approximate surface area is 239 Å². The van der Waals surface area contributed by atoms with Gasteiger partial charge in [-0.15, -0.1) is 0 Å². The molecule has 4 aliphatic rings. The van der Waals surface area contributed by atoms with Gasteiger partial charge < -0.3 is 14.4 Å². The van der Waals surface area contributed by atoms with Gasteiger partial charge in [-0.25, -0.2) is 0 Å². The molecule has 2 fully saturated rings. The van der Waals surface area contributed by atoms with Crippen LogP contribution in [-0.2, 0) is 23.9 Å². The van der Waals surface area contributed by atoms with Crippen molar-refractivity contribution in [2.75, 3.05) is 25.6 Å². The average Bonchev–Trinajstić information content (AvgIpc) is 3.18. The molecule has 0 amide bonds. The van der Waals surface area contributed by atoms with Crippen LogP contribution in [0, 0.1) is 17.3 Å². The summed E-state index contributed by atoms with van der Waals surface area (Å²) >= 11 is 0. The second kappa shape index (κ2) is 10.3. The largest absolute Gasteiger partial charge is 0.451 e. The van der Waals surface area contributed by atoms with Crippen molar-refractivity contribution in [2.24, 2.45) is 17.3 Å². The van der Waals surface area contributed by atoms with Gasteiger partial charge in [0.2, 0.25) is 5.78 Å². The molecule has 6 nitrogen and oxygen atoms in total. The highest BCUT2D eigenvalue weighted by atomic mass is 16.6. The first-order valence-electron chi connectivity index (χ1n) is 14.9. The third kappa shape index (κ3) is 4.87. The Bertz CT molecular complexity index is 1270. The zero-order valence-corrected chi connectivity index (χ0v) is 25.3. The second-order valence-corrected chi connectivity index (χ2v) is 13.8. The lowest BCUT2D eigenvalue weighted by atomic mass is 9.50. The van der Waals surface area contributed by atoms with Crippen LogP contribution < -0.4 is 4.90 Å². The highest BCUT2D eigenvalue weighted by Gasteiger charge is 2.68. The summed E-state index contributed by atoms with van der Waals surface area (Å²) in [6.45, 7) is 9.35. The van der Waals surface area contributed by atoms with E-state index in [9.17, 15) is 14.4 Å². The zero-order chi connectivity index (χ0) is 29.0. The molecule has 1 aromatic rings. The molecule has 0 aromatic heterocycles. The summed E-state index contributed by atoms with van der Waals surface area (Å²) in [5.74, 6) is 0.265. The lowest BCUT2D eigenvalue weighted by molar-refractivity contribution is -0.187. The molecule has 5 rings (SSSR count). The van der Waals surface area contributed by atoms with Crippen LogP contribution in [-0.4, -0.2) is 49.4 Å². The van der Waals surface area contributed by atoms with Gasteiger partial charge in [0.15, 0.2) is 11.4 Å². The highest BCUT2D eigenvalue weighted by Crippen LogP contribution is 2.68. The Balaban J connectivity index is 1.64. The van der Waals surface area contributed by atoms with Gasteiger partial charge in [0, 0.05) is 44.5 Å². The van der Waals surface area contributed by atoms with Crippen molar-refractivity contribution in [3.05, 3.63) is 52.6 Å². The number of nitrogens with zero attached hydrogens (tertiary/aromatic N) is 1. The molecule has 0 aliphatic heterocycles. The molecule has 0 bridgehead atoms. The van der Waals surface area contributed by atoms with E-state index in [1.807, 2.05) is 40.9 Å². The molecule has 1 aromatic carbocycles. The average molecular weight is 548 g/mol. The van der Waals surface area contributed by atoms with Gasteiger partial charge in [-0.1, -0.05) is 24.6 Å². The van der Waals surface area contributed by atoms with Crippen LogP contribution in [0.1, 0.15) is 91.0 Å². The van der Waals surface area contributed by atoms with Crippen molar-refractivity contribution in [3.8, 4) is 0 Å². The van der Waals surface area contributed by atoms with Crippen molar-refractivity contribution >= 4 is 23.2 Å². The maximum absolute atomic E-state index is 14.1. The highest BCUT2D eigenvalue weighted by molar-refractivity contribution is 5.93. The monoisotopic (exact) mass is 547 g/mol. The Morgan fingerprint density at radius 1 is 1.05 bits per heavy atom. The fraction of sp³-hybridized carbons (Fsp3) is 0.618. The number of ketones is 2. The Morgan fingerprint density at radius 3 is 2.38 bits per heavy atom. The van der Waals surface area contributed by atoms with Gasteiger partial charge in [0.05, 0.1) is 5.60 Å². The van der Waals surface area contributed by atoms with Crippen LogP contribution in [0.3, 0.4) is 0 Å². The molecule has 2 saturated carbocycles. The first-order valence-corrected chi connectivity index (χ1v) is 14.9. The minimum absolute atomic E-state index is 0.0745. The Hall–Kier alpha value is -2.73. The normalized spacial score (nSPS) is 31.6. The Kier molecular flexibility index (Phi) is 7.39. The van der Waals surface area contributed by atoms with Gasteiger partial charge in [0.25, 0.3) is 0 Å². The number of carbonyl (C=O) groups is 3. The van der Waals surface area contributed by atoms with E-state index in [2.05, 4.69) is 36.1 Å². The van der Waals surface area contributed by atoms with Crippen LogP contribution in [0.15, 0.2) is 47.1 Å². The van der Waals surface area contributed by atoms with Gasteiger partial charge >= 0.3 is 5.97 Å². The molecular weight excluding hydrogens is 502 g/mol. The van der Waals surface area contributed by atoms with Crippen molar-refractivity contribution in [2.45, 2.75) is 96.7 Å². The lowest BCUT2D eigenvalue weighted by Gasteiger charge is -2.55. The van der Waals surface area contributed by atoms with Crippen LogP contribution in [0.25, 0.3) is 0 Å². The summed E-state index contributed by atoms with van der Waals surface area (Å²) in [5.41, 5.74) is 4.16. The fourth-order valence-electron chi connectivity index (χ4n) is 8.28. The first-order chi connectivity index (χ1) is 18.8. The number of hydrogen-bond acceptors (Lipinski definition) is 6. The first kappa shape index (κ1) is 28.8. The molecule has 6 heteroatoms. The molecule has 5 atom stereocenters. The molecule has 0 saturated heterocycles. The van der Waals surface area contributed by atoms with Gasteiger partial charge in [-0.2, -0.15) is 0 Å². The van der Waals surface area contributed by atoms with E-state index in [0.29, 0.717) is 19.3 Å². The minimum Gasteiger partial charge on any atom is -0.451 e. The second-order valence-electron chi connectivity index (χ2n) is 13.8. The van der Waals surface area contributed by atoms with E-state index in [1.54, 1.807) is 0 Å². The summed E-state index contributed by atoms with van der Waals surface area (Å²) in [7, 11) is 4.08. The number of allylic oxidation sites excluding steroid dienone is 4. The predicted octanol–water partition coefficient (Wildman–Crippen LogP) is 6.34. The number of Topliss-reactive ketones (excluding diaryl/α,β-unsaturated/α-hetero) is 1. The van der Waals surface area contributed by atoms with Crippen molar-refractivity contribution in [1.82, 2.24) is 0 Å². The molecule has 0 heterocycles. The predicted molar refractivity (Wildman–Crippen MR) is 156 cm³/mol. The zero-order valence-electron chi connectivity index (χ0n) is 25.3. The summed E-state index contributed by atoms with van der Waals surface area (Å²) in [5, 5.41) is 0. The number of fused-ring (bicyclic) bond motifs is 4. The molecular formula is C34H45NO5. The number of hydrogen-bond donors (Lipinski definition) is 0. The number of carbonyl (C=O) groups excluding carboxylic acids is 3. The minimum atomic E-state index is -1.22. The van der Waals surface area contributed by atoms with Crippen molar-refractivity contribution in [3.63, 3.8) is 0 Å². The fourth-order valence-corrected chi connectivity index (χ4v) is 8.28. The van der Waals surface area contributed by atoms with Gasteiger partial charge in [-0.3, -0.25) is 14.4 Å². The number of rotatable bonds is 6. The standard InChI is InChI=1S/C34H45NO5/c1-21(36)40-34(30(38)20-39-32(2,3)4)17-16-29-27-14-10-23-18-25(37)13-15-26(23)31(27)28(19-33(29,34)5)22-8-11-24(12-9-22)35(6)7/h8-9,11-12,18,27-29H,10,13-17,19-20H2,1-7H3/t27?,28?,29?,33-,34-/m0/s1. The third-order valence-corrected chi connectivity index (χ3v) is 10.1. The number of ether oxygens (including phenoxy) is 2. The van der Waals surface area contributed by atoms with E-state index in [-0.39, 0.29) is 35.9 Å². The topological polar surface area (TPSA) is 72.9 Å². The van der Waals surface area contributed by atoms with E-state index in [0.717, 1.165) is 31.4 Å². The maximum atomic E-state index is 14.1. The van der Waals surface area contributed by atoms with E-state index in [4.69, 9.17) is 9.47 Å². The molecule has 0 spiro atoms. The molecule has 40 heavy (non-hydrogen) atoms. The third-order valence-electron chi connectivity index (χ3n) is 10.1. The van der Waals surface area contributed by atoms with Crippen molar-refractivity contribution < 1.29 is 23.9 Å². The van der Waals surface area contributed by atoms with Gasteiger partial charge in [0.1, 0.15) is 6.61 Å². The Morgan fingerprint density at radius 2 is 1.75 bits per heavy atom. The lowest BCUT2D eigenvalue weighted by Crippen LogP contribution is -2.58. The maximum Gasteiger partial charge on any atom is 0.303 e. The number of esters is 1. The van der Waals surface area contributed by atoms with Crippen LogP contribution in [0.2, 0.25) is 0 Å². The molecule has 216 valence electrons. The van der Waals surface area contributed by atoms with Crippen LogP contribution >= 0.6 is 0 Å².